The van der Waals surface area contributed by atoms with Crippen molar-refractivity contribution in [2.75, 3.05) is 12.3 Å². The summed E-state index contributed by atoms with van der Waals surface area (Å²) in [7, 11) is 0. The number of aromatic nitrogens is 2. The molecule has 1 aromatic heterocycles. The SMILES string of the molecule is Cc1nc(SCC(=O)NCCc2ccc(F)cc2)n(C2CCCCC2)c1C. The molecule has 1 aromatic carbocycles. The highest BCUT2D eigenvalue weighted by molar-refractivity contribution is 7.99. The molecule has 1 heterocycles. The van der Waals surface area contributed by atoms with Gasteiger partial charge in [-0.25, -0.2) is 9.37 Å². The molecule has 0 bridgehead atoms. The maximum absolute atomic E-state index is 12.9. The Bertz CT molecular complexity index is 766. The molecule has 1 aliphatic carbocycles. The molecule has 0 radical (unpaired) electrons. The van der Waals surface area contributed by atoms with Gasteiger partial charge in [-0.05, 0) is 50.8 Å². The van der Waals surface area contributed by atoms with E-state index in [1.165, 1.54) is 61.7 Å². The summed E-state index contributed by atoms with van der Waals surface area (Å²) in [6.45, 7) is 4.73. The summed E-state index contributed by atoms with van der Waals surface area (Å²) >= 11 is 1.52. The monoisotopic (exact) mass is 389 g/mol. The molecule has 27 heavy (non-hydrogen) atoms. The molecule has 1 amide bonds. The third-order valence-corrected chi connectivity index (χ3v) is 6.23. The number of hydrogen-bond donors (Lipinski definition) is 1. The Morgan fingerprint density at radius 2 is 1.93 bits per heavy atom. The van der Waals surface area contributed by atoms with E-state index in [0.29, 0.717) is 24.8 Å². The van der Waals surface area contributed by atoms with Crippen LogP contribution in [-0.2, 0) is 11.2 Å². The number of rotatable bonds is 7. The first-order chi connectivity index (χ1) is 13.0. The second-order valence-corrected chi connectivity index (χ2v) is 8.18. The van der Waals surface area contributed by atoms with Crippen molar-refractivity contribution in [3.05, 3.63) is 47.0 Å². The van der Waals surface area contributed by atoms with Crippen LogP contribution in [0.5, 0.6) is 0 Å². The molecule has 1 saturated carbocycles. The average Bonchev–Trinajstić information content (AvgIpc) is 2.96. The first kappa shape index (κ1) is 19.9. The Hall–Kier alpha value is -1.82. The van der Waals surface area contributed by atoms with Crippen molar-refractivity contribution in [1.82, 2.24) is 14.9 Å². The molecule has 146 valence electrons. The summed E-state index contributed by atoms with van der Waals surface area (Å²) in [5.74, 6) is 0.139. The zero-order valence-electron chi connectivity index (χ0n) is 16.1. The van der Waals surface area contributed by atoms with Gasteiger partial charge in [-0.15, -0.1) is 0 Å². The van der Waals surface area contributed by atoms with E-state index in [9.17, 15) is 9.18 Å². The van der Waals surface area contributed by atoms with Crippen molar-refractivity contribution in [2.45, 2.75) is 63.6 Å². The third-order valence-electron chi connectivity index (χ3n) is 5.28. The molecule has 0 aliphatic heterocycles. The highest BCUT2D eigenvalue weighted by Gasteiger charge is 2.22. The first-order valence-corrected chi connectivity index (χ1v) is 10.7. The summed E-state index contributed by atoms with van der Waals surface area (Å²) in [5, 5.41) is 3.91. The minimum absolute atomic E-state index is 0.00983. The van der Waals surface area contributed by atoms with E-state index < -0.39 is 0 Å². The highest BCUT2D eigenvalue weighted by Crippen LogP contribution is 2.34. The number of imidazole rings is 1. The Balaban J connectivity index is 1.51. The normalized spacial score (nSPS) is 15.1. The van der Waals surface area contributed by atoms with E-state index in [1.807, 2.05) is 6.92 Å². The number of carbonyl (C=O) groups is 1. The van der Waals surface area contributed by atoms with Crippen molar-refractivity contribution < 1.29 is 9.18 Å². The lowest BCUT2D eigenvalue weighted by Gasteiger charge is -2.26. The lowest BCUT2D eigenvalue weighted by molar-refractivity contribution is -0.118. The van der Waals surface area contributed by atoms with Crippen molar-refractivity contribution in [2.24, 2.45) is 0 Å². The van der Waals surface area contributed by atoms with Crippen molar-refractivity contribution in [3.8, 4) is 0 Å². The molecule has 6 heteroatoms. The molecule has 2 aromatic rings. The molecular weight excluding hydrogens is 361 g/mol. The largest absolute Gasteiger partial charge is 0.355 e. The van der Waals surface area contributed by atoms with E-state index in [-0.39, 0.29) is 11.7 Å². The van der Waals surface area contributed by atoms with Crippen LogP contribution in [0.3, 0.4) is 0 Å². The average molecular weight is 390 g/mol. The van der Waals surface area contributed by atoms with Crippen molar-refractivity contribution >= 4 is 17.7 Å². The quantitative estimate of drug-likeness (QED) is 0.704. The molecule has 0 spiro atoms. The van der Waals surface area contributed by atoms with E-state index in [2.05, 4.69) is 16.8 Å². The summed E-state index contributed by atoms with van der Waals surface area (Å²) in [6, 6.07) is 6.92. The van der Waals surface area contributed by atoms with E-state index in [4.69, 9.17) is 4.98 Å². The second kappa shape index (κ2) is 9.40. The number of benzene rings is 1. The van der Waals surface area contributed by atoms with Gasteiger partial charge in [0.05, 0.1) is 11.4 Å². The van der Waals surface area contributed by atoms with Crippen LogP contribution in [0.25, 0.3) is 0 Å². The smallest absolute Gasteiger partial charge is 0.230 e. The van der Waals surface area contributed by atoms with Gasteiger partial charge < -0.3 is 9.88 Å². The summed E-state index contributed by atoms with van der Waals surface area (Å²) < 4.78 is 15.3. The van der Waals surface area contributed by atoms with Gasteiger partial charge in [-0.1, -0.05) is 43.2 Å². The summed E-state index contributed by atoms with van der Waals surface area (Å²) in [5.41, 5.74) is 3.30. The van der Waals surface area contributed by atoms with E-state index in [0.717, 1.165) is 16.4 Å². The molecule has 1 N–H and O–H groups in total. The van der Waals surface area contributed by atoms with Gasteiger partial charge >= 0.3 is 0 Å². The van der Waals surface area contributed by atoms with Gasteiger partial charge in [-0.3, -0.25) is 4.79 Å². The standard InChI is InChI=1S/C21H28FN3OS/c1-15-16(2)25(19-6-4-3-5-7-19)21(24-15)27-14-20(26)23-13-12-17-8-10-18(22)11-9-17/h8-11,19H,3-7,12-14H2,1-2H3,(H,23,26). The number of nitrogens with zero attached hydrogens (tertiary/aromatic N) is 2. The number of halogens is 1. The predicted molar refractivity (Wildman–Crippen MR) is 108 cm³/mol. The summed E-state index contributed by atoms with van der Waals surface area (Å²) in [4.78, 5) is 16.9. The first-order valence-electron chi connectivity index (χ1n) is 9.74. The maximum Gasteiger partial charge on any atom is 0.230 e. The Kier molecular flexibility index (Phi) is 6.94. The highest BCUT2D eigenvalue weighted by atomic mass is 32.2. The van der Waals surface area contributed by atoms with Crippen LogP contribution < -0.4 is 5.32 Å². The molecule has 1 aliphatic rings. The number of amides is 1. The maximum atomic E-state index is 12.9. The molecule has 0 saturated heterocycles. The number of carbonyl (C=O) groups excluding carboxylic acids is 1. The van der Waals surface area contributed by atoms with Gasteiger partial charge in [-0.2, -0.15) is 0 Å². The second-order valence-electron chi connectivity index (χ2n) is 7.24. The number of hydrogen-bond acceptors (Lipinski definition) is 3. The molecular formula is C21H28FN3OS. The minimum atomic E-state index is -0.238. The lowest BCUT2D eigenvalue weighted by Crippen LogP contribution is -2.27. The van der Waals surface area contributed by atoms with Crippen LogP contribution in [0.1, 0.15) is 55.1 Å². The number of aryl methyl sites for hydroxylation is 1. The van der Waals surface area contributed by atoms with Gasteiger partial charge in [0.2, 0.25) is 5.91 Å². The van der Waals surface area contributed by atoms with Gasteiger partial charge in [0, 0.05) is 18.3 Å². The Morgan fingerprint density at radius 1 is 1.22 bits per heavy atom. The fraction of sp³-hybridized carbons (Fsp3) is 0.524. The topological polar surface area (TPSA) is 46.9 Å². The third kappa shape index (κ3) is 5.34. The minimum Gasteiger partial charge on any atom is -0.355 e. The summed E-state index contributed by atoms with van der Waals surface area (Å²) in [6.07, 6.45) is 6.97. The Labute approximate surface area is 165 Å². The van der Waals surface area contributed by atoms with Crippen LogP contribution in [-0.4, -0.2) is 27.8 Å². The van der Waals surface area contributed by atoms with Crippen molar-refractivity contribution in [1.29, 1.82) is 0 Å². The van der Waals surface area contributed by atoms with Crippen molar-refractivity contribution in [3.63, 3.8) is 0 Å². The van der Waals surface area contributed by atoms with Gasteiger partial charge in [0.25, 0.3) is 0 Å². The van der Waals surface area contributed by atoms with Crippen LogP contribution in [0.15, 0.2) is 29.4 Å². The van der Waals surface area contributed by atoms with Crippen LogP contribution >= 0.6 is 11.8 Å². The van der Waals surface area contributed by atoms with Crippen LogP contribution in [0.2, 0.25) is 0 Å². The van der Waals surface area contributed by atoms with Gasteiger partial charge in [0.1, 0.15) is 5.82 Å². The van der Waals surface area contributed by atoms with Gasteiger partial charge in [0.15, 0.2) is 5.16 Å². The number of nitrogens with one attached hydrogen (secondary N) is 1. The molecule has 0 atom stereocenters. The number of thioether (sulfide) groups is 1. The van der Waals surface area contributed by atoms with Crippen LogP contribution in [0.4, 0.5) is 4.39 Å². The fourth-order valence-corrected chi connectivity index (χ4v) is 4.63. The van der Waals surface area contributed by atoms with Crippen LogP contribution in [0, 0.1) is 19.7 Å². The zero-order chi connectivity index (χ0) is 19.2. The lowest BCUT2D eigenvalue weighted by atomic mass is 9.95. The Morgan fingerprint density at radius 3 is 2.63 bits per heavy atom. The molecule has 0 unspecified atom stereocenters. The predicted octanol–water partition coefficient (Wildman–Crippen LogP) is 4.60. The van der Waals surface area contributed by atoms with E-state index >= 15 is 0 Å². The van der Waals surface area contributed by atoms with E-state index in [1.54, 1.807) is 12.1 Å². The zero-order valence-corrected chi connectivity index (χ0v) is 16.9. The molecule has 1 fully saturated rings. The molecule has 4 nitrogen and oxygen atoms in total. The molecule has 3 rings (SSSR count). The fourth-order valence-electron chi connectivity index (χ4n) is 3.65.